The molecule has 0 saturated heterocycles. The van der Waals surface area contributed by atoms with E-state index in [1.54, 1.807) is 0 Å². The Morgan fingerprint density at radius 3 is 1.44 bits per heavy atom. The molecule has 40 valence electrons. The number of cyclic esters (lactones) is 2. The molecule has 0 aromatic heterocycles. The number of rotatable bonds is 0. The molecule has 0 unspecified atom stereocenters. The van der Waals surface area contributed by atoms with Gasteiger partial charge in [0, 0.05) is 12.2 Å². The summed E-state index contributed by atoms with van der Waals surface area (Å²) < 4.78 is 3.97. The zero-order chi connectivity index (χ0) is 5.28. The van der Waals surface area contributed by atoms with Gasteiger partial charge in [-0.2, -0.15) is 0 Å². The summed E-state index contributed by atoms with van der Waals surface area (Å²) >= 11 is 0. The van der Waals surface area contributed by atoms with Crippen LogP contribution in [0.5, 0.6) is 0 Å². The molecular weight excluding hydrogens is 142 g/mol. The van der Waals surface area contributed by atoms with Crippen LogP contribution in [0.15, 0.2) is 12.2 Å². The van der Waals surface area contributed by atoms with Crippen LogP contribution >= 0.6 is 0 Å². The molecule has 1 aliphatic heterocycles. The molecule has 0 amide bonds. The first-order chi connectivity index (χ1) is 3.29. The topological polar surface area (TPSA) is 43.4 Å². The Morgan fingerprint density at radius 2 is 1.33 bits per heavy atom. The van der Waals surface area contributed by atoms with Crippen molar-refractivity contribution in [1.82, 2.24) is 0 Å². The fraction of sp³-hybridized carbons (Fsp3) is 0. The van der Waals surface area contributed by atoms with Gasteiger partial charge < -0.3 is 4.74 Å². The van der Waals surface area contributed by atoms with Gasteiger partial charge in [0.25, 0.3) is 0 Å². The van der Waals surface area contributed by atoms with Gasteiger partial charge in [0.15, 0.2) is 0 Å². The minimum absolute atomic E-state index is 0. The van der Waals surface area contributed by atoms with Gasteiger partial charge in [0.2, 0.25) is 0 Å². The van der Waals surface area contributed by atoms with Crippen molar-refractivity contribution in [1.29, 1.82) is 0 Å². The summed E-state index contributed by atoms with van der Waals surface area (Å²) in [6, 6.07) is 0. The van der Waals surface area contributed by atoms with E-state index in [0.717, 1.165) is 12.2 Å². The van der Waals surface area contributed by atoms with Gasteiger partial charge in [-0.1, -0.05) is 0 Å². The van der Waals surface area contributed by atoms with Crippen LogP contribution in [0.2, 0.25) is 0 Å². The van der Waals surface area contributed by atoms with Crippen molar-refractivity contribution in [3.8, 4) is 0 Å². The van der Waals surface area contributed by atoms with Crippen molar-refractivity contribution in [3.63, 3.8) is 0 Å². The third-order valence-electron chi connectivity index (χ3n) is 0.557. The average Bonchev–Trinajstić information content (AvgIpc) is 1.87. The zero-order valence-corrected chi connectivity index (χ0v) is 3.38. The molecule has 0 bridgehead atoms. The molecule has 0 atom stereocenters. The van der Waals surface area contributed by atoms with Gasteiger partial charge >= 0.3 is 71.1 Å². The van der Waals surface area contributed by atoms with Crippen molar-refractivity contribution < 1.29 is 14.3 Å². The van der Waals surface area contributed by atoms with Crippen LogP contribution in [0, 0.1) is 0 Å². The molecule has 0 saturated carbocycles. The van der Waals surface area contributed by atoms with E-state index in [2.05, 4.69) is 4.74 Å². The fourth-order valence-corrected chi connectivity index (χ4v) is 0.303. The fourth-order valence-electron chi connectivity index (χ4n) is 0.303. The number of carbonyl (C=O) groups is 2. The predicted octanol–water partition coefficient (Wildman–Crippen LogP) is -1.67. The van der Waals surface area contributed by atoms with E-state index in [4.69, 9.17) is 0 Å². The first-order valence-corrected chi connectivity index (χ1v) is 1.73. The van der Waals surface area contributed by atoms with Gasteiger partial charge in [0.05, 0.1) is 0 Å². The number of esters is 2. The predicted molar refractivity (Wildman–Crippen MR) is 34.5 cm³/mol. The zero-order valence-electron chi connectivity index (χ0n) is 3.38. The summed E-state index contributed by atoms with van der Waals surface area (Å²) in [5, 5.41) is 0. The van der Waals surface area contributed by atoms with Crippen LogP contribution in [0.1, 0.15) is 0 Å². The summed E-state index contributed by atoms with van der Waals surface area (Å²) in [5.41, 5.74) is 0. The molecule has 1 heterocycles. The SMILES string of the molecule is O=C1C=CC(=O)O1.[NaH].[NaH]. The summed E-state index contributed by atoms with van der Waals surface area (Å²) in [5.74, 6) is -1.16. The van der Waals surface area contributed by atoms with Gasteiger partial charge in [-0.3, -0.25) is 0 Å². The Morgan fingerprint density at radius 1 is 1.00 bits per heavy atom. The van der Waals surface area contributed by atoms with Crippen molar-refractivity contribution in [2.24, 2.45) is 0 Å². The molecule has 0 spiro atoms. The van der Waals surface area contributed by atoms with Gasteiger partial charge in [-0.25, -0.2) is 9.59 Å². The summed E-state index contributed by atoms with van der Waals surface area (Å²) in [4.78, 5) is 19.8. The quantitative estimate of drug-likeness (QED) is 0.233. The Hall–Kier alpha value is 0.880. The minimum atomic E-state index is -0.579. The molecule has 0 aromatic rings. The second-order valence-electron chi connectivity index (χ2n) is 1.07. The van der Waals surface area contributed by atoms with E-state index in [0.29, 0.717) is 0 Å². The normalized spacial score (nSPS) is 13.8. The van der Waals surface area contributed by atoms with Crippen LogP contribution in [0.25, 0.3) is 0 Å². The van der Waals surface area contributed by atoms with Crippen LogP contribution in [0.3, 0.4) is 0 Å². The van der Waals surface area contributed by atoms with Gasteiger partial charge in [-0.15, -0.1) is 0 Å². The number of hydrogen-bond donors (Lipinski definition) is 0. The van der Waals surface area contributed by atoms with Crippen LogP contribution in [0.4, 0.5) is 0 Å². The number of ether oxygens (including phenoxy) is 1. The summed E-state index contributed by atoms with van der Waals surface area (Å²) in [7, 11) is 0. The Balaban J connectivity index is 0. The molecule has 5 heteroatoms. The number of hydrogen-bond acceptors (Lipinski definition) is 3. The van der Waals surface area contributed by atoms with E-state index in [9.17, 15) is 9.59 Å². The van der Waals surface area contributed by atoms with E-state index in [1.165, 1.54) is 0 Å². The monoisotopic (exact) mass is 146 g/mol. The molecule has 0 radical (unpaired) electrons. The Kier molecular flexibility index (Phi) is 7.87. The molecule has 0 fully saturated rings. The van der Waals surface area contributed by atoms with Crippen LogP contribution < -0.4 is 0 Å². The average molecular weight is 146 g/mol. The van der Waals surface area contributed by atoms with E-state index < -0.39 is 11.9 Å². The van der Waals surface area contributed by atoms with E-state index in [1.807, 2.05) is 0 Å². The van der Waals surface area contributed by atoms with Gasteiger partial charge in [-0.05, 0) is 0 Å². The first-order valence-electron chi connectivity index (χ1n) is 1.73. The molecule has 1 aliphatic rings. The van der Waals surface area contributed by atoms with Crippen molar-refractivity contribution in [2.75, 3.05) is 0 Å². The molecule has 0 N–H and O–H groups in total. The maximum absolute atomic E-state index is 9.92. The standard InChI is InChI=1S/C4H2O3.2Na.2H/c5-3-1-2-4(6)7-3;;;;/h1-2H;;;;. The molecule has 0 aromatic carbocycles. The van der Waals surface area contributed by atoms with Crippen LogP contribution in [-0.2, 0) is 14.3 Å². The first kappa shape index (κ1) is 12.5. The maximum atomic E-state index is 9.92. The van der Waals surface area contributed by atoms with Crippen LogP contribution in [-0.4, -0.2) is 71.1 Å². The third-order valence-corrected chi connectivity index (χ3v) is 0.557. The van der Waals surface area contributed by atoms with Crippen molar-refractivity contribution >= 4 is 71.1 Å². The van der Waals surface area contributed by atoms with E-state index >= 15 is 0 Å². The van der Waals surface area contributed by atoms with Crippen molar-refractivity contribution in [2.45, 2.75) is 0 Å². The number of carbonyl (C=O) groups excluding carboxylic acids is 2. The Labute approximate surface area is 96.4 Å². The summed E-state index contributed by atoms with van der Waals surface area (Å²) in [6.07, 6.45) is 2.17. The molecule has 9 heavy (non-hydrogen) atoms. The van der Waals surface area contributed by atoms with Crippen molar-refractivity contribution in [3.05, 3.63) is 12.2 Å². The molecule has 3 nitrogen and oxygen atoms in total. The third kappa shape index (κ3) is 4.31. The summed E-state index contributed by atoms with van der Waals surface area (Å²) in [6.45, 7) is 0. The second kappa shape index (κ2) is 5.65. The second-order valence-corrected chi connectivity index (χ2v) is 1.07. The molecule has 0 aliphatic carbocycles. The van der Waals surface area contributed by atoms with Gasteiger partial charge in [0.1, 0.15) is 0 Å². The molecular formula is C4H4Na2O3. The molecule has 1 rings (SSSR count). The van der Waals surface area contributed by atoms with E-state index in [-0.39, 0.29) is 59.1 Å². The Bertz CT molecular complexity index is 136.